The van der Waals surface area contributed by atoms with Crippen LogP contribution in [0.1, 0.15) is 49.2 Å². The second-order valence-electron chi connectivity index (χ2n) is 6.10. The van der Waals surface area contributed by atoms with Gasteiger partial charge in [-0.3, -0.25) is 0 Å². The zero-order valence-corrected chi connectivity index (χ0v) is 13.8. The van der Waals surface area contributed by atoms with Gasteiger partial charge < -0.3 is 14.7 Å². The Morgan fingerprint density at radius 3 is 2.96 bits per heavy atom. The van der Waals surface area contributed by atoms with Crippen molar-refractivity contribution in [3.8, 4) is 0 Å². The number of likely N-dealkylation sites (tertiary alicyclic amines) is 1. The van der Waals surface area contributed by atoms with Crippen molar-refractivity contribution in [1.29, 1.82) is 0 Å². The van der Waals surface area contributed by atoms with E-state index in [9.17, 15) is 9.18 Å². The Morgan fingerprint density at radius 1 is 1.42 bits per heavy atom. The van der Waals surface area contributed by atoms with Gasteiger partial charge in [-0.15, -0.1) is 0 Å². The molecule has 1 saturated heterocycles. The van der Waals surface area contributed by atoms with E-state index in [2.05, 4.69) is 17.4 Å². The van der Waals surface area contributed by atoms with Crippen LogP contribution in [0, 0.1) is 5.82 Å². The molecule has 6 heteroatoms. The molecule has 0 radical (unpaired) electrons. The van der Waals surface area contributed by atoms with Gasteiger partial charge in [0.05, 0.1) is 6.04 Å². The molecule has 1 aliphatic heterocycles. The van der Waals surface area contributed by atoms with E-state index in [-0.39, 0.29) is 17.9 Å². The van der Waals surface area contributed by atoms with Gasteiger partial charge in [0.1, 0.15) is 17.3 Å². The summed E-state index contributed by atoms with van der Waals surface area (Å²) in [5, 5.41) is 7.04. The molecule has 1 aromatic carbocycles. The van der Waals surface area contributed by atoms with Crippen LogP contribution < -0.4 is 5.32 Å². The number of carbonyl (C=O) groups is 1. The van der Waals surface area contributed by atoms with Crippen molar-refractivity contribution in [1.82, 2.24) is 15.4 Å². The van der Waals surface area contributed by atoms with Gasteiger partial charge in [-0.05, 0) is 37.0 Å². The molecule has 3 rings (SSSR count). The molecule has 1 aliphatic rings. The molecule has 0 aliphatic carbocycles. The average Bonchev–Trinajstić information content (AvgIpc) is 3.23. The van der Waals surface area contributed by atoms with Gasteiger partial charge in [-0.1, -0.05) is 24.2 Å². The highest BCUT2D eigenvalue weighted by molar-refractivity contribution is 5.75. The van der Waals surface area contributed by atoms with Gasteiger partial charge in [0.25, 0.3) is 0 Å². The minimum absolute atomic E-state index is 0.0347. The first kappa shape index (κ1) is 16.5. The van der Waals surface area contributed by atoms with Crippen LogP contribution in [0.5, 0.6) is 0 Å². The lowest BCUT2D eigenvalue weighted by atomic mass is 10.1. The number of halogens is 1. The quantitative estimate of drug-likeness (QED) is 0.906. The number of hydrogen-bond acceptors (Lipinski definition) is 3. The number of carbonyl (C=O) groups excluding carboxylic acids is 1. The first-order valence-corrected chi connectivity index (χ1v) is 8.41. The van der Waals surface area contributed by atoms with Crippen molar-refractivity contribution in [2.24, 2.45) is 0 Å². The Bertz CT molecular complexity index is 684. The van der Waals surface area contributed by atoms with Gasteiger partial charge in [0.15, 0.2) is 0 Å². The van der Waals surface area contributed by atoms with Gasteiger partial charge >= 0.3 is 6.03 Å². The van der Waals surface area contributed by atoms with Gasteiger partial charge in [-0.25, -0.2) is 9.18 Å². The lowest BCUT2D eigenvalue weighted by molar-refractivity contribution is 0.190. The van der Waals surface area contributed by atoms with E-state index in [4.69, 9.17) is 4.52 Å². The normalized spacial score (nSPS) is 17.2. The molecule has 0 spiro atoms. The molecule has 2 aromatic rings. The second kappa shape index (κ2) is 7.47. The number of hydrogen-bond donors (Lipinski definition) is 1. The Kier molecular flexibility index (Phi) is 5.13. The summed E-state index contributed by atoms with van der Waals surface area (Å²) in [5.74, 6) is 0.588. The Labute approximate surface area is 140 Å². The maximum absolute atomic E-state index is 12.9. The number of rotatable bonds is 5. The van der Waals surface area contributed by atoms with Crippen LogP contribution in [-0.2, 0) is 13.0 Å². The van der Waals surface area contributed by atoms with Crippen LogP contribution >= 0.6 is 0 Å². The largest absolute Gasteiger partial charge is 0.361 e. The third kappa shape index (κ3) is 3.75. The first-order chi connectivity index (χ1) is 11.7. The van der Waals surface area contributed by atoms with Crippen molar-refractivity contribution in [3.05, 3.63) is 53.2 Å². The fourth-order valence-electron chi connectivity index (χ4n) is 3.05. The van der Waals surface area contributed by atoms with Gasteiger partial charge in [-0.2, -0.15) is 0 Å². The number of aryl methyl sites for hydroxylation is 1. The molecule has 24 heavy (non-hydrogen) atoms. The standard InChI is InChI=1S/C18H22FN3O2/c1-2-4-15-11-16(21-24-15)17-5-3-10-22(17)18(23)20-12-13-6-8-14(19)9-7-13/h6-9,11,17H,2-5,10,12H2,1H3,(H,20,23). The fourth-order valence-corrected chi connectivity index (χ4v) is 3.05. The Balaban J connectivity index is 1.61. The van der Waals surface area contributed by atoms with Crippen molar-refractivity contribution in [2.75, 3.05) is 6.54 Å². The average molecular weight is 331 g/mol. The number of nitrogens with zero attached hydrogens (tertiary/aromatic N) is 2. The smallest absolute Gasteiger partial charge is 0.318 e. The van der Waals surface area contributed by atoms with Gasteiger partial charge in [0, 0.05) is 25.6 Å². The number of urea groups is 1. The Hall–Kier alpha value is -2.37. The van der Waals surface area contributed by atoms with Crippen molar-refractivity contribution in [3.63, 3.8) is 0 Å². The summed E-state index contributed by atoms with van der Waals surface area (Å²) in [7, 11) is 0. The molecule has 128 valence electrons. The third-order valence-electron chi connectivity index (χ3n) is 4.29. The Morgan fingerprint density at radius 2 is 2.21 bits per heavy atom. The minimum atomic E-state index is -0.279. The molecule has 2 heterocycles. The number of benzene rings is 1. The van der Waals surface area contributed by atoms with Crippen LogP contribution in [0.25, 0.3) is 0 Å². The first-order valence-electron chi connectivity index (χ1n) is 8.41. The van der Waals surface area contributed by atoms with Crippen LogP contribution in [0.15, 0.2) is 34.9 Å². The molecular formula is C18H22FN3O2. The van der Waals surface area contributed by atoms with E-state index >= 15 is 0 Å². The van der Waals surface area contributed by atoms with E-state index < -0.39 is 0 Å². The number of amides is 2. The summed E-state index contributed by atoms with van der Waals surface area (Å²) in [6, 6.07) is 7.93. The molecule has 1 fully saturated rings. The summed E-state index contributed by atoms with van der Waals surface area (Å²) < 4.78 is 18.3. The van der Waals surface area contributed by atoms with Crippen LogP contribution in [0.3, 0.4) is 0 Å². The van der Waals surface area contributed by atoms with Gasteiger partial charge in [0.2, 0.25) is 0 Å². The van der Waals surface area contributed by atoms with Crippen molar-refractivity contribution in [2.45, 2.75) is 45.2 Å². The summed E-state index contributed by atoms with van der Waals surface area (Å²) >= 11 is 0. The SMILES string of the molecule is CCCc1cc(C2CCCN2C(=O)NCc2ccc(F)cc2)no1. The molecule has 1 N–H and O–H groups in total. The minimum Gasteiger partial charge on any atom is -0.361 e. The highest BCUT2D eigenvalue weighted by Gasteiger charge is 2.32. The third-order valence-corrected chi connectivity index (χ3v) is 4.29. The predicted molar refractivity (Wildman–Crippen MR) is 87.8 cm³/mol. The molecule has 2 amide bonds. The fraction of sp³-hybridized carbons (Fsp3) is 0.444. The summed E-state index contributed by atoms with van der Waals surface area (Å²) in [5.41, 5.74) is 1.69. The number of aromatic nitrogens is 1. The lowest BCUT2D eigenvalue weighted by Crippen LogP contribution is -2.39. The summed E-state index contributed by atoms with van der Waals surface area (Å²) in [6.07, 6.45) is 3.70. The highest BCUT2D eigenvalue weighted by Crippen LogP contribution is 2.31. The van der Waals surface area contributed by atoms with Crippen molar-refractivity contribution >= 4 is 6.03 Å². The highest BCUT2D eigenvalue weighted by atomic mass is 19.1. The second-order valence-corrected chi connectivity index (χ2v) is 6.10. The van der Waals surface area contributed by atoms with E-state index in [0.29, 0.717) is 13.1 Å². The molecule has 1 aromatic heterocycles. The van der Waals surface area contributed by atoms with Crippen LogP contribution in [0.2, 0.25) is 0 Å². The molecule has 1 atom stereocenters. The zero-order valence-electron chi connectivity index (χ0n) is 13.8. The van der Waals surface area contributed by atoms with Crippen LogP contribution in [0.4, 0.5) is 9.18 Å². The number of nitrogens with one attached hydrogen (secondary N) is 1. The predicted octanol–water partition coefficient (Wildman–Crippen LogP) is 3.81. The molecular weight excluding hydrogens is 309 g/mol. The van der Waals surface area contributed by atoms with E-state index in [1.165, 1.54) is 12.1 Å². The van der Waals surface area contributed by atoms with Crippen LogP contribution in [-0.4, -0.2) is 22.6 Å². The molecule has 0 saturated carbocycles. The zero-order chi connectivity index (χ0) is 16.9. The molecule has 1 unspecified atom stereocenters. The maximum atomic E-state index is 12.9. The molecule has 5 nitrogen and oxygen atoms in total. The lowest BCUT2D eigenvalue weighted by Gasteiger charge is -2.23. The van der Waals surface area contributed by atoms with Crippen molar-refractivity contribution < 1.29 is 13.7 Å². The van der Waals surface area contributed by atoms with E-state index in [1.807, 2.05) is 6.07 Å². The summed E-state index contributed by atoms with van der Waals surface area (Å²) in [4.78, 5) is 14.3. The topological polar surface area (TPSA) is 58.4 Å². The molecule has 0 bridgehead atoms. The summed E-state index contributed by atoms with van der Waals surface area (Å²) in [6.45, 7) is 3.17. The monoisotopic (exact) mass is 331 g/mol. The maximum Gasteiger partial charge on any atom is 0.318 e. The van der Waals surface area contributed by atoms with E-state index in [1.54, 1.807) is 17.0 Å². The van der Waals surface area contributed by atoms with E-state index in [0.717, 1.165) is 42.7 Å².